The third kappa shape index (κ3) is 7.73. The first-order valence-corrected chi connectivity index (χ1v) is 10.1. The molecule has 0 aliphatic carbocycles. The van der Waals surface area contributed by atoms with Crippen LogP contribution in [0.25, 0.3) is 0 Å². The van der Waals surface area contributed by atoms with Gasteiger partial charge in [0.2, 0.25) is 5.91 Å². The molecule has 0 spiro atoms. The summed E-state index contributed by atoms with van der Waals surface area (Å²) in [5.74, 6) is 1.66. The summed E-state index contributed by atoms with van der Waals surface area (Å²) >= 11 is 1.77. The molecule has 26 heavy (non-hydrogen) atoms. The average Bonchev–Trinajstić information content (AvgIpc) is 2.91. The minimum Gasteiger partial charge on any atom is -0.356 e. The Morgan fingerprint density at radius 2 is 1.96 bits per heavy atom. The Morgan fingerprint density at radius 1 is 1.27 bits per heavy atom. The molecule has 1 aromatic rings. The number of hydrogen-bond donors (Lipinski definition) is 2. The molecule has 0 radical (unpaired) electrons. The van der Waals surface area contributed by atoms with Crippen LogP contribution in [0.5, 0.6) is 0 Å². The van der Waals surface area contributed by atoms with Crippen LogP contribution in [0, 0.1) is 0 Å². The molecule has 0 saturated carbocycles. The number of nitrogens with zero attached hydrogens (tertiary/aromatic N) is 4. The molecule has 0 bridgehead atoms. The van der Waals surface area contributed by atoms with Gasteiger partial charge in [0.25, 0.3) is 0 Å². The Hall–Kier alpha value is -0.970. The van der Waals surface area contributed by atoms with Crippen LogP contribution in [-0.4, -0.2) is 65.7 Å². The van der Waals surface area contributed by atoms with Gasteiger partial charge >= 0.3 is 0 Å². The number of carbonyl (C=O) groups is 1. The van der Waals surface area contributed by atoms with Crippen LogP contribution < -0.4 is 10.6 Å². The second kappa shape index (κ2) is 13.2. The van der Waals surface area contributed by atoms with E-state index < -0.39 is 0 Å². The predicted octanol–water partition coefficient (Wildman–Crippen LogP) is 1.65. The van der Waals surface area contributed by atoms with Crippen molar-refractivity contribution in [2.75, 3.05) is 39.2 Å². The fourth-order valence-corrected chi connectivity index (χ4v) is 2.80. The Labute approximate surface area is 178 Å². The molecule has 9 heteroatoms. The number of amides is 1. The Morgan fingerprint density at radius 3 is 2.50 bits per heavy atom. The molecule has 1 heterocycles. The second-order valence-electron chi connectivity index (χ2n) is 5.93. The topological polar surface area (TPSA) is 74.5 Å². The van der Waals surface area contributed by atoms with Crippen LogP contribution >= 0.6 is 35.7 Å². The Kier molecular flexibility index (Phi) is 12.7. The van der Waals surface area contributed by atoms with Crippen molar-refractivity contribution in [1.29, 1.82) is 0 Å². The molecule has 0 aromatic carbocycles. The van der Waals surface area contributed by atoms with Crippen LogP contribution in [0.4, 0.5) is 0 Å². The zero-order valence-electron chi connectivity index (χ0n) is 16.8. The summed E-state index contributed by atoms with van der Waals surface area (Å²) in [7, 11) is 5.48. The molecule has 0 unspecified atom stereocenters. The van der Waals surface area contributed by atoms with Gasteiger partial charge in [-0.05, 0) is 19.1 Å². The molecule has 1 aromatic heterocycles. The van der Waals surface area contributed by atoms with Gasteiger partial charge in [0.15, 0.2) is 5.96 Å². The highest BCUT2D eigenvalue weighted by atomic mass is 127. The van der Waals surface area contributed by atoms with E-state index in [0.29, 0.717) is 12.5 Å². The molecule has 7 nitrogen and oxygen atoms in total. The van der Waals surface area contributed by atoms with Gasteiger partial charge in [0.05, 0.1) is 18.8 Å². The number of likely N-dealkylation sites (N-methyl/N-ethyl adjacent to an activating group) is 1. The van der Waals surface area contributed by atoms with Gasteiger partial charge in [-0.2, -0.15) is 16.9 Å². The van der Waals surface area contributed by atoms with E-state index in [9.17, 15) is 4.79 Å². The van der Waals surface area contributed by atoms with Crippen LogP contribution in [-0.2, 0) is 31.2 Å². The molecule has 0 saturated heterocycles. The number of thioether (sulfide) groups is 1. The van der Waals surface area contributed by atoms with Crippen LogP contribution in [0.2, 0.25) is 0 Å². The third-order valence-electron chi connectivity index (χ3n) is 3.93. The summed E-state index contributed by atoms with van der Waals surface area (Å²) in [5.41, 5.74) is 3.50. The fourth-order valence-electron chi connectivity index (χ4n) is 2.49. The number of rotatable bonds is 9. The first-order chi connectivity index (χ1) is 11.9. The fraction of sp³-hybridized carbons (Fsp3) is 0.706. The van der Waals surface area contributed by atoms with E-state index in [4.69, 9.17) is 0 Å². The lowest BCUT2D eigenvalue weighted by molar-refractivity contribution is -0.127. The van der Waals surface area contributed by atoms with Gasteiger partial charge in [-0.1, -0.05) is 13.8 Å². The molecule has 2 N–H and O–H groups in total. The molecule has 1 rings (SSSR count). The number of nitrogens with one attached hydrogen (secondary N) is 2. The molecular formula is C17H33IN6OS. The maximum Gasteiger partial charge on any atom is 0.241 e. The standard InChI is InChI=1S/C17H32N6OS.HI/c1-7-14-13(15(8-2)23(5)21-14)11-19-17(18-9-10-25-6)20-12-16(24)22(3)4;/h7-12H2,1-6H3,(H2,18,19,20);1H. The van der Waals surface area contributed by atoms with E-state index in [-0.39, 0.29) is 36.4 Å². The van der Waals surface area contributed by atoms with E-state index in [1.54, 1.807) is 30.8 Å². The normalized spacial score (nSPS) is 11.1. The van der Waals surface area contributed by atoms with Crippen molar-refractivity contribution in [3.8, 4) is 0 Å². The van der Waals surface area contributed by atoms with Gasteiger partial charge in [-0.25, -0.2) is 4.99 Å². The van der Waals surface area contributed by atoms with Crippen molar-refractivity contribution in [1.82, 2.24) is 25.3 Å². The summed E-state index contributed by atoms with van der Waals surface area (Å²) in [6.07, 6.45) is 3.88. The molecule has 0 atom stereocenters. The molecule has 0 aliphatic heterocycles. The minimum atomic E-state index is 0. The van der Waals surface area contributed by atoms with E-state index in [1.165, 1.54) is 11.3 Å². The number of guanidine groups is 1. The zero-order chi connectivity index (χ0) is 18.8. The molecule has 1 amide bonds. The number of aromatic nitrogens is 2. The minimum absolute atomic E-state index is 0. The van der Waals surface area contributed by atoms with Gasteiger partial charge in [-0.3, -0.25) is 9.48 Å². The lowest BCUT2D eigenvalue weighted by atomic mass is 10.1. The molecule has 150 valence electrons. The first kappa shape index (κ1) is 25.0. The van der Waals surface area contributed by atoms with E-state index in [2.05, 4.69) is 40.8 Å². The van der Waals surface area contributed by atoms with Gasteiger partial charge in [-0.15, -0.1) is 24.0 Å². The highest BCUT2D eigenvalue weighted by molar-refractivity contribution is 14.0. The summed E-state index contributed by atoms with van der Waals surface area (Å²) in [6.45, 7) is 5.84. The van der Waals surface area contributed by atoms with Crippen molar-refractivity contribution >= 4 is 47.6 Å². The molecule has 0 fully saturated rings. The maximum absolute atomic E-state index is 11.8. The van der Waals surface area contributed by atoms with Crippen molar-refractivity contribution in [3.05, 3.63) is 17.0 Å². The van der Waals surface area contributed by atoms with Crippen molar-refractivity contribution in [2.45, 2.75) is 33.2 Å². The Balaban J connectivity index is 0.00000625. The number of aliphatic imine (C=N–C) groups is 1. The van der Waals surface area contributed by atoms with Crippen molar-refractivity contribution in [2.24, 2.45) is 12.0 Å². The quantitative estimate of drug-likeness (QED) is 0.236. The van der Waals surface area contributed by atoms with Gasteiger partial charge in [0, 0.05) is 44.7 Å². The number of halogens is 1. The smallest absolute Gasteiger partial charge is 0.241 e. The lowest BCUT2D eigenvalue weighted by Crippen LogP contribution is -2.43. The third-order valence-corrected chi connectivity index (χ3v) is 4.54. The number of carbonyl (C=O) groups excluding carboxylic acids is 1. The Bertz CT molecular complexity index is 588. The molecule has 0 aliphatic rings. The first-order valence-electron chi connectivity index (χ1n) is 8.69. The van der Waals surface area contributed by atoms with Crippen molar-refractivity contribution < 1.29 is 4.79 Å². The van der Waals surface area contributed by atoms with Crippen LogP contribution in [0.1, 0.15) is 30.8 Å². The highest BCUT2D eigenvalue weighted by Gasteiger charge is 2.13. The monoisotopic (exact) mass is 496 g/mol. The van der Waals surface area contributed by atoms with E-state index >= 15 is 0 Å². The van der Waals surface area contributed by atoms with Crippen molar-refractivity contribution in [3.63, 3.8) is 0 Å². The van der Waals surface area contributed by atoms with Crippen LogP contribution in [0.15, 0.2) is 4.99 Å². The zero-order valence-corrected chi connectivity index (χ0v) is 19.9. The second-order valence-corrected chi connectivity index (χ2v) is 6.91. The van der Waals surface area contributed by atoms with Gasteiger partial charge in [0.1, 0.15) is 0 Å². The maximum atomic E-state index is 11.8. The average molecular weight is 496 g/mol. The summed E-state index contributed by atoms with van der Waals surface area (Å²) in [5, 5.41) is 11.0. The number of aryl methyl sites for hydroxylation is 2. The lowest BCUT2D eigenvalue weighted by Gasteiger charge is -2.15. The van der Waals surface area contributed by atoms with Crippen LogP contribution in [0.3, 0.4) is 0 Å². The molecular weight excluding hydrogens is 463 g/mol. The summed E-state index contributed by atoms with van der Waals surface area (Å²) < 4.78 is 1.95. The number of hydrogen-bond acceptors (Lipinski definition) is 4. The van der Waals surface area contributed by atoms with E-state index in [1.807, 2.05) is 11.7 Å². The highest BCUT2D eigenvalue weighted by Crippen LogP contribution is 2.16. The van der Waals surface area contributed by atoms with E-state index in [0.717, 1.165) is 30.8 Å². The summed E-state index contributed by atoms with van der Waals surface area (Å²) in [4.78, 5) is 18.1. The SMILES string of the molecule is CCc1nn(C)c(CC)c1CN=C(NCCSC)NCC(=O)N(C)C.I. The van der Waals surface area contributed by atoms with Gasteiger partial charge < -0.3 is 15.5 Å². The summed E-state index contributed by atoms with van der Waals surface area (Å²) in [6, 6.07) is 0. The predicted molar refractivity (Wildman–Crippen MR) is 122 cm³/mol. The largest absolute Gasteiger partial charge is 0.356 e.